The highest BCUT2D eigenvalue weighted by Crippen LogP contribution is 2.40. The number of carbonyl (C=O) groups is 1. The monoisotopic (exact) mass is 349 g/mol. The number of ether oxygens (including phenoxy) is 1. The molecule has 3 rings (SSSR count). The van der Waals surface area contributed by atoms with Crippen molar-refractivity contribution < 1.29 is 18.3 Å². The molecule has 1 heterocycles. The van der Waals surface area contributed by atoms with Gasteiger partial charge in [-0.3, -0.25) is 4.79 Å². The molecule has 1 atom stereocenters. The van der Waals surface area contributed by atoms with Gasteiger partial charge in [-0.2, -0.15) is 0 Å². The fourth-order valence-corrected chi connectivity index (χ4v) is 3.82. The van der Waals surface area contributed by atoms with Crippen LogP contribution in [0.15, 0.2) is 42.5 Å². The molecule has 6 heteroatoms. The minimum absolute atomic E-state index is 0.0531. The first-order valence-corrected chi connectivity index (χ1v) is 8.71. The van der Waals surface area contributed by atoms with Crippen molar-refractivity contribution in [3.63, 3.8) is 0 Å². The van der Waals surface area contributed by atoms with Gasteiger partial charge in [-0.25, -0.2) is 8.78 Å². The number of hydrogen-bond donors (Lipinski definition) is 0. The SMILES string of the molecule is CCOc1ccc(C2SCC(=O)N2Cc2ccc(F)cc2F)cc1. The van der Waals surface area contributed by atoms with Gasteiger partial charge in [0.05, 0.1) is 12.4 Å². The number of hydrogen-bond acceptors (Lipinski definition) is 3. The molecule has 1 aliphatic rings. The molecule has 0 saturated carbocycles. The van der Waals surface area contributed by atoms with E-state index in [0.717, 1.165) is 17.4 Å². The Hall–Kier alpha value is -2.08. The molecule has 126 valence electrons. The van der Waals surface area contributed by atoms with Crippen LogP contribution in [-0.2, 0) is 11.3 Å². The summed E-state index contributed by atoms with van der Waals surface area (Å²) in [5, 5.41) is -0.183. The van der Waals surface area contributed by atoms with Crippen molar-refractivity contribution in [1.29, 1.82) is 0 Å². The highest BCUT2D eigenvalue weighted by Gasteiger charge is 2.33. The van der Waals surface area contributed by atoms with E-state index in [4.69, 9.17) is 4.74 Å². The summed E-state index contributed by atoms with van der Waals surface area (Å²) in [6, 6.07) is 11.0. The summed E-state index contributed by atoms with van der Waals surface area (Å²) in [4.78, 5) is 13.8. The number of thioether (sulfide) groups is 1. The van der Waals surface area contributed by atoms with Crippen LogP contribution in [0.25, 0.3) is 0 Å². The first kappa shape index (κ1) is 16.8. The molecule has 0 aromatic heterocycles. The van der Waals surface area contributed by atoms with Crippen LogP contribution >= 0.6 is 11.8 Å². The number of rotatable bonds is 5. The van der Waals surface area contributed by atoms with E-state index in [9.17, 15) is 13.6 Å². The Kier molecular flexibility index (Phi) is 5.04. The van der Waals surface area contributed by atoms with Gasteiger partial charge in [0.2, 0.25) is 5.91 Å². The topological polar surface area (TPSA) is 29.5 Å². The molecule has 1 fully saturated rings. The van der Waals surface area contributed by atoms with Gasteiger partial charge in [-0.05, 0) is 30.7 Å². The second kappa shape index (κ2) is 7.21. The van der Waals surface area contributed by atoms with Crippen molar-refractivity contribution in [2.24, 2.45) is 0 Å². The Bertz CT molecular complexity index is 736. The van der Waals surface area contributed by atoms with Crippen LogP contribution in [0, 0.1) is 11.6 Å². The third kappa shape index (κ3) is 3.53. The van der Waals surface area contributed by atoms with Crippen molar-refractivity contribution >= 4 is 17.7 Å². The molecule has 1 aliphatic heterocycles. The fraction of sp³-hybridized carbons (Fsp3) is 0.278. The zero-order valence-corrected chi connectivity index (χ0v) is 14.0. The number of benzene rings is 2. The minimum Gasteiger partial charge on any atom is -0.494 e. The summed E-state index contributed by atoms with van der Waals surface area (Å²) in [6.45, 7) is 2.63. The molecule has 2 aromatic carbocycles. The summed E-state index contributed by atoms with van der Waals surface area (Å²) < 4.78 is 32.4. The molecule has 0 N–H and O–H groups in total. The summed E-state index contributed by atoms with van der Waals surface area (Å²) in [6.07, 6.45) is 0. The number of carbonyl (C=O) groups excluding carboxylic acids is 1. The molecule has 1 saturated heterocycles. The summed E-state index contributed by atoms with van der Waals surface area (Å²) >= 11 is 1.50. The third-order valence-electron chi connectivity index (χ3n) is 3.80. The highest BCUT2D eigenvalue weighted by molar-refractivity contribution is 8.00. The zero-order chi connectivity index (χ0) is 17.1. The van der Waals surface area contributed by atoms with Crippen LogP contribution < -0.4 is 4.74 Å². The number of halogens is 2. The van der Waals surface area contributed by atoms with Crippen LogP contribution in [0.4, 0.5) is 8.78 Å². The van der Waals surface area contributed by atoms with Gasteiger partial charge in [0.15, 0.2) is 0 Å². The van der Waals surface area contributed by atoms with E-state index < -0.39 is 11.6 Å². The summed E-state index contributed by atoms with van der Waals surface area (Å²) in [5.74, 6) is -0.193. The molecule has 0 bridgehead atoms. The number of nitrogens with zero attached hydrogens (tertiary/aromatic N) is 1. The van der Waals surface area contributed by atoms with Crippen LogP contribution in [0.5, 0.6) is 5.75 Å². The highest BCUT2D eigenvalue weighted by atomic mass is 32.2. The van der Waals surface area contributed by atoms with Crippen LogP contribution in [0.2, 0.25) is 0 Å². The van der Waals surface area contributed by atoms with Crippen molar-refractivity contribution in [1.82, 2.24) is 4.90 Å². The molecule has 24 heavy (non-hydrogen) atoms. The molecule has 1 amide bonds. The molecule has 0 radical (unpaired) electrons. The third-order valence-corrected chi connectivity index (χ3v) is 5.06. The van der Waals surface area contributed by atoms with E-state index >= 15 is 0 Å². The quantitative estimate of drug-likeness (QED) is 0.813. The first-order chi connectivity index (χ1) is 11.6. The van der Waals surface area contributed by atoms with Crippen molar-refractivity contribution in [3.8, 4) is 5.75 Å². The lowest BCUT2D eigenvalue weighted by Gasteiger charge is -2.24. The van der Waals surface area contributed by atoms with E-state index in [0.29, 0.717) is 17.9 Å². The van der Waals surface area contributed by atoms with Crippen LogP contribution in [-0.4, -0.2) is 23.2 Å². The molecule has 0 spiro atoms. The van der Waals surface area contributed by atoms with Gasteiger partial charge in [0.25, 0.3) is 0 Å². The van der Waals surface area contributed by atoms with Crippen molar-refractivity contribution in [2.75, 3.05) is 12.4 Å². The molecular weight excluding hydrogens is 332 g/mol. The Morgan fingerprint density at radius 1 is 1.21 bits per heavy atom. The van der Waals surface area contributed by atoms with Gasteiger partial charge >= 0.3 is 0 Å². The Morgan fingerprint density at radius 3 is 2.62 bits per heavy atom. The normalized spacial score (nSPS) is 17.4. The van der Waals surface area contributed by atoms with E-state index in [1.165, 1.54) is 23.9 Å². The summed E-state index contributed by atoms with van der Waals surface area (Å²) in [7, 11) is 0. The van der Waals surface area contributed by atoms with E-state index in [2.05, 4.69) is 0 Å². The van der Waals surface area contributed by atoms with E-state index in [1.54, 1.807) is 4.90 Å². The molecule has 3 nitrogen and oxygen atoms in total. The van der Waals surface area contributed by atoms with Gasteiger partial charge in [-0.1, -0.05) is 18.2 Å². The van der Waals surface area contributed by atoms with Crippen molar-refractivity contribution in [3.05, 3.63) is 65.2 Å². The predicted octanol–water partition coefficient (Wildman–Crippen LogP) is 4.14. The van der Waals surface area contributed by atoms with Gasteiger partial charge in [0.1, 0.15) is 22.8 Å². The van der Waals surface area contributed by atoms with Crippen molar-refractivity contribution in [2.45, 2.75) is 18.8 Å². The van der Waals surface area contributed by atoms with Gasteiger partial charge in [0, 0.05) is 18.2 Å². The molecular formula is C18H17F2NO2S. The average molecular weight is 349 g/mol. The number of amides is 1. The standard InChI is InChI=1S/C18H17F2NO2S/c1-2-23-15-7-4-12(5-8-15)18-21(17(22)11-24-18)10-13-3-6-14(19)9-16(13)20/h3-9,18H,2,10-11H2,1H3. The lowest BCUT2D eigenvalue weighted by Crippen LogP contribution is -2.28. The predicted molar refractivity (Wildman–Crippen MR) is 89.7 cm³/mol. The Morgan fingerprint density at radius 2 is 1.96 bits per heavy atom. The van der Waals surface area contributed by atoms with Crippen LogP contribution in [0.1, 0.15) is 23.4 Å². The Balaban J connectivity index is 1.81. The fourth-order valence-electron chi connectivity index (χ4n) is 2.63. The molecule has 1 unspecified atom stereocenters. The summed E-state index contributed by atoms with van der Waals surface area (Å²) in [5.41, 5.74) is 1.26. The lowest BCUT2D eigenvalue weighted by atomic mass is 10.1. The zero-order valence-electron chi connectivity index (χ0n) is 13.2. The minimum atomic E-state index is -0.634. The second-order valence-corrected chi connectivity index (χ2v) is 6.49. The Labute approximate surface area is 143 Å². The maximum Gasteiger partial charge on any atom is 0.234 e. The average Bonchev–Trinajstić information content (AvgIpc) is 2.92. The van der Waals surface area contributed by atoms with E-state index in [1.807, 2.05) is 31.2 Å². The second-order valence-electron chi connectivity index (χ2n) is 5.42. The molecule has 2 aromatic rings. The van der Waals surface area contributed by atoms with Gasteiger partial charge < -0.3 is 9.64 Å². The van der Waals surface area contributed by atoms with Gasteiger partial charge in [-0.15, -0.1) is 11.8 Å². The maximum absolute atomic E-state index is 13.9. The largest absolute Gasteiger partial charge is 0.494 e. The lowest BCUT2D eigenvalue weighted by molar-refractivity contribution is -0.128. The maximum atomic E-state index is 13.9. The molecule has 0 aliphatic carbocycles. The van der Waals surface area contributed by atoms with E-state index in [-0.39, 0.29) is 17.8 Å². The van der Waals surface area contributed by atoms with Crippen LogP contribution in [0.3, 0.4) is 0 Å². The smallest absolute Gasteiger partial charge is 0.234 e. The first-order valence-electron chi connectivity index (χ1n) is 7.66.